The molecule has 2 N–H and O–H groups in total. The molecule has 2 aliphatic heterocycles. The van der Waals surface area contributed by atoms with Crippen molar-refractivity contribution < 1.29 is 14.3 Å². The molecule has 0 aliphatic carbocycles. The van der Waals surface area contributed by atoms with E-state index in [-0.39, 0.29) is 11.8 Å². The van der Waals surface area contributed by atoms with E-state index in [0.29, 0.717) is 25.4 Å². The molecule has 2 aromatic rings. The molecule has 3 heterocycles. The Bertz CT molecular complexity index is 839. The van der Waals surface area contributed by atoms with E-state index < -0.39 is 5.92 Å². The molecule has 1 aromatic carbocycles. The Morgan fingerprint density at radius 3 is 2.96 bits per heavy atom. The van der Waals surface area contributed by atoms with Crippen molar-refractivity contribution in [1.29, 1.82) is 0 Å². The Balaban J connectivity index is 1.61. The van der Waals surface area contributed by atoms with Gasteiger partial charge in [0.05, 0.1) is 18.2 Å². The Morgan fingerprint density at radius 2 is 2.19 bits per heavy atom. The minimum atomic E-state index is -0.394. The third kappa shape index (κ3) is 3.19. The van der Waals surface area contributed by atoms with E-state index in [1.165, 1.54) is 12.8 Å². The van der Waals surface area contributed by atoms with Crippen molar-refractivity contribution in [2.24, 2.45) is 13.0 Å². The molecule has 2 saturated heterocycles. The van der Waals surface area contributed by atoms with Crippen LogP contribution in [0.4, 0.5) is 0 Å². The fraction of sp³-hybridized carbons (Fsp3) is 0.526. The number of hydrogen-bond acceptors (Lipinski definition) is 5. The Kier molecular flexibility index (Phi) is 4.63. The summed E-state index contributed by atoms with van der Waals surface area (Å²) in [7, 11) is 1.87. The number of hydrogen-bond donors (Lipinski definition) is 2. The molecule has 2 amide bonds. The van der Waals surface area contributed by atoms with Crippen molar-refractivity contribution in [3.63, 3.8) is 0 Å². The van der Waals surface area contributed by atoms with Gasteiger partial charge in [-0.05, 0) is 31.9 Å². The van der Waals surface area contributed by atoms with Crippen LogP contribution in [-0.2, 0) is 16.6 Å². The molecule has 0 bridgehead atoms. The van der Waals surface area contributed by atoms with Crippen LogP contribution in [0.15, 0.2) is 18.2 Å². The van der Waals surface area contributed by atoms with Gasteiger partial charge in [-0.25, -0.2) is 0 Å². The number of nitrogens with one attached hydrogen (secondary N) is 2. The summed E-state index contributed by atoms with van der Waals surface area (Å²) in [5.41, 5.74) is 1.62. The number of nitrogens with zero attached hydrogens (tertiary/aromatic N) is 2. The third-order valence-corrected chi connectivity index (χ3v) is 5.30. The van der Waals surface area contributed by atoms with Crippen LogP contribution in [0.25, 0.3) is 10.9 Å². The summed E-state index contributed by atoms with van der Waals surface area (Å²) in [6.45, 7) is 2.75. The van der Waals surface area contributed by atoms with Gasteiger partial charge in [0, 0.05) is 31.3 Å². The molecule has 0 spiro atoms. The van der Waals surface area contributed by atoms with E-state index in [9.17, 15) is 9.59 Å². The number of carbonyl (C=O) groups excluding carboxylic acids is 2. The highest BCUT2D eigenvalue weighted by atomic mass is 16.5. The maximum atomic E-state index is 12.3. The number of para-hydroxylation sites is 1. The lowest BCUT2D eigenvalue weighted by Crippen LogP contribution is -2.39. The number of amides is 2. The molecular weight excluding hydrogens is 332 g/mol. The number of rotatable bonds is 4. The summed E-state index contributed by atoms with van der Waals surface area (Å²) >= 11 is 0. The average Bonchev–Trinajstić information content (AvgIpc) is 2.98. The summed E-state index contributed by atoms with van der Waals surface area (Å²) in [6, 6.07) is 5.86. The average molecular weight is 356 g/mol. The van der Waals surface area contributed by atoms with E-state index in [2.05, 4.69) is 15.7 Å². The summed E-state index contributed by atoms with van der Waals surface area (Å²) in [5.74, 6) is 0.440. The summed E-state index contributed by atoms with van der Waals surface area (Å²) in [6.07, 6.45) is 3.20. The van der Waals surface area contributed by atoms with Crippen LogP contribution < -0.4 is 15.4 Å². The second-order valence-electron chi connectivity index (χ2n) is 7.19. The number of piperidine rings is 2. The summed E-state index contributed by atoms with van der Waals surface area (Å²) in [5, 5.41) is 11.3. The smallest absolute Gasteiger partial charge is 0.235 e. The van der Waals surface area contributed by atoms with Gasteiger partial charge in [-0.3, -0.25) is 19.6 Å². The lowest BCUT2D eigenvalue weighted by atomic mass is 9.93. The van der Waals surface area contributed by atoms with Gasteiger partial charge >= 0.3 is 0 Å². The number of benzene rings is 1. The summed E-state index contributed by atoms with van der Waals surface area (Å²) < 4.78 is 7.91. The van der Waals surface area contributed by atoms with Crippen molar-refractivity contribution in [2.45, 2.75) is 31.6 Å². The topological polar surface area (TPSA) is 85.2 Å². The van der Waals surface area contributed by atoms with Gasteiger partial charge in [0.25, 0.3) is 0 Å². The first-order valence-corrected chi connectivity index (χ1v) is 9.26. The van der Waals surface area contributed by atoms with Crippen LogP contribution in [0.2, 0.25) is 0 Å². The van der Waals surface area contributed by atoms with Crippen molar-refractivity contribution in [3.05, 3.63) is 23.9 Å². The molecule has 0 saturated carbocycles. The number of aromatic nitrogens is 2. The monoisotopic (exact) mass is 356 g/mol. The van der Waals surface area contributed by atoms with E-state index in [4.69, 9.17) is 4.74 Å². The Hall–Kier alpha value is -2.41. The third-order valence-electron chi connectivity index (χ3n) is 5.30. The number of aryl methyl sites for hydroxylation is 1. The van der Waals surface area contributed by atoms with Crippen LogP contribution >= 0.6 is 0 Å². The van der Waals surface area contributed by atoms with Crippen molar-refractivity contribution in [1.82, 2.24) is 20.4 Å². The zero-order valence-corrected chi connectivity index (χ0v) is 15.0. The Labute approximate surface area is 152 Å². The van der Waals surface area contributed by atoms with Gasteiger partial charge in [0.1, 0.15) is 11.3 Å². The quantitative estimate of drug-likeness (QED) is 0.811. The fourth-order valence-electron chi connectivity index (χ4n) is 3.93. The fourth-order valence-corrected chi connectivity index (χ4v) is 3.93. The molecule has 2 fully saturated rings. The van der Waals surface area contributed by atoms with E-state index in [0.717, 1.165) is 35.4 Å². The molecule has 4 rings (SSSR count). The molecule has 2 aliphatic rings. The molecule has 1 unspecified atom stereocenters. The van der Waals surface area contributed by atoms with E-state index in [1.807, 2.05) is 25.2 Å². The molecule has 138 valence electrons. The normalized spacial score (nSPS) is 23.9. The molecular formula is C19H24N4O3. The zero-order valence-electron chi connectivity index (χ0n) is 15.0. The van der Waals surface area contributed by atoms with Gasteiger partial charge in [-0.15, -0.1) is 0 Å². The first-order chi connectivity index (χ1) is 12.6. The largest absolute Gasteiger partial charge is 0.491 e. The van der Waals surface area contributed by atoms with Crippen LogP contribution in [-0.4, -0.2) is 41.3 Å². The second-order valence-corrected chi connectivity index (χ2v) is 7.19. The minimum Gasteiger partial charge on any atom is -0.491 e. The number of ether oxygens (including phenoxy) is 1. The van der Waals surface area contributed by atoms with Crippen molar-refractivity contribution in [3.8, 4) is 5.75 Å². The highest BCUT2D eigenvalue weighted by Gasteiger charge is 2.32. The number of fused-ring (bicyclic) bond motifs is 1. The van der Waals surface area contributed by atoms with Gasteiger partial charge in [-0.2, -0.15) is 5.10 Å². The minimum absolute atomic E-state index is 0.211. The number of imide groups is 1. The standard InChI is InChI=1S/C19H24N4O3/c1-23-18-13(17(22-23)14-7-8-16(24)21-19(14)25)5-2-6-15(18)26-11-12-4-3-9-20-10-12/h2,5-6,12,14,20H,3-4,7-11H2,1H3,(H,21,24,25)/t12-,14?/m0/s1. The van der Waals surface area contributed by atoms with Crippen molar-refractivity contribution in [2.75, 3.05) is 19.7 Å². The summed E-state index contributed by atoms with van der Waals surface area (Å²) in [4.78, 5) is 23.7. The molecule has 0 radical (unpaired) electrons. The lowest BCUT2D eigenvalue weighted by molar-refractivity contribution is -0.134. The Morgan fingerprint density at radius 1 is 1.31 bits per heavy atom. The second kappa shape index (κ2) is 7.07. The number of carbonyl (C=O) groups is 2. The van der Waals surface area contributed by atoms with Crippen LogP contribution in [0.1, 0.15) is 37.3 Å². The first-order valence-electron chi connectivity index (χ1n) is 9.26. The highest BCUT2D eigenvalue weighted by molar-refractivity contribution is 6.02. The predicted molar refractivity (Wildman–Crippen MR) is 96.9 cm³/mol. The van der Waals surface area contributed by atoms with E-state index >= 15 is 0 Å². The molecule has 2 atom stereocenters. The van der Waals surface area contributed by atoms with Gasteiger partial charge in [-0.1, -0.05) is 12.1 Å². The maximum absolute atomic E-state index is 12.3. The van der Waals surface area contributed by atoms with Crippen molar-refractivity contribution >= 4 is 22.7 Å². The predicted octanol–water partition coefficient (Wildman–Crippen LogP) is 1.47. The maximum Gasteiger partial charge on any atom is 0.235 e. The lowest BCUT2D eigenvalue weighted by Gasteiger charge is -2.23. The molecule has 26 heavy (non-hydrogen) atoms. The van der Waals surface area contributed by atoms with Crippen LogP contribution in [0, 0.1) is 5.92 Å². The zero-order chi connectivity index (χ0) is 18.1. The first kappa shape index (κ1) is 17.0. The van der Waals surface area contributed by atoms with Crippen LogP contribution in [0.3, 0.4) is 0 Å². The SMILES string of the molecule is Cn1nc(C2CCC(=O)NC2=O)c2cccc(OC[C@H]3CCCNC3)c21. The van der Waals surface area contributed by atoms with E-state index in [1.54, 1.807) is 4.68 Å². The van der Waals surface area contributed by atoms with Gasteiger partial charge in [0.2, 0.25) is 11.8 Å². The molecule has 7 heteroatoms. The van der Waals surface area contributed by atoms with Gasteiger partial charge in [0.15, 0.2) is 0 Å². The van der Waals surface area contributed by atoms with Crippen LogP contribution in [0.5, 0.6) is 5.75 Å². The molecule has 1 aromatic heterocycles. The molecule has 7 nitrogen and oxygen atoms in total. The highest BCUT2D eigenvalue weighted by Crippen LogP contribution is 2.34. The van der Waals surface area contributed by atoms with Gasteiger partial charge < -0.3 is 10.1 Å².